The summed E-state index contributed by atoms with van der Waals surface area (Å²) >= 11 is 0. The molecule has 0 aromatic heterocycles. The molecule has 2 unspecified atom stereocenters. The molecule has 0 aliphatic heterocycles. The highest BCUT2D eigenvalue weighted by atomic mass is 16.4. The third kappa shape index (κ3) is 21.5. The number of unbranched alkanes of at least 4 members (excludes halogenated alkanes) is 12. The molecule has 0 aliphatic carbocycles. The monoisotopic (exact) mass is 720 g/mol. The van der Waals surface area contributed by atoms with E-state index in [0.717, 1.165) is 70.6 Å². The predicted octanol–water partition coefficient (Wildman–Crippen LogP) is 0.156. The molecule has 1 aromatic rings. The number of hydrogen-bond donors (Lipinski definition) is 10. The topological polar surface area (TPSA) is 255 Å². The molecule has 2 atom stereocenters. The highest BCUT2D eigenvalue weighted by Crippen LogP contribution is 2.13. The van der Waals surface area contributed by atoms with Gasteiger partial charge in [-0.15, -0.1) is 0 Å². The lowest BCUT2D eigenvalue weighted by molar-refractivity contribution is -0.142. The second kappa shape index (κ2) is 27.2. The van der Waals surface area contributed by atoms with E-state index in [-0.39, 0.29) is 47.6 Å². The van der Waals surface area contributed by atoms with Crippen molar-refractivity contribution in [2.24, 2.45) is 0 Å². The quantitative estimate of drug-likeness (QED) is 0.0377. The van der Waals surface area contributed by atoms with Crippen LogP contribution in [0.5, 0.6) is 0 Å². The van der Waals surface area contributed by atoms with Crippen molar-refractivity contribution in [1.29, 1.82) is 0 Å². The van der Waals surface area contributed by atoms with Crippen LogP contribution in [-0.2, 0) is 19.2 Å². The molecule has 1 rings (SSSR count). The van der Waals surface area contributed by atoms with Gasteiger partial charge in [-0.3, -0.25) is 19.2 Å². The number of nitrogens with one attached hydrogen (secondary N) is 4. The fourth-order valence-electron chi connectivity index (χ4n) is 5.57. The molecule has 0 saturated carbocycles. The second-order valence-corrected chi connectivity index (χ2v) is 12.9. The van der Waals surface area contributed by atoms with Crippen molar-refractivity contribution in [2.75, 3.05) is 20.1 Å². The minimum absolute atomic E-state index is 0.00129. The van der Waals surface area contributed by atoms with Gasteiger partial charge in [-0.1, -0.05) is 70.3 Å². The summed E-state index contributed by atoms with van der Waals surface area (Å²) in [6.45, 7) is 0.827. The van der Waals surface area contributed by atoms with Crippen molar-refractivity contribution in [3.63, 3.8) is 0 Å². The van der Waals surface area contributed by atoms with E-state index in [1.807, 2.05) is 0 Å². The van der Waals surface area contributed by atoms with Crippen molar-refractivity contribution in [3.05, 3.63) is 23.8 Å². The molecule has 0 fully saturated rings. The summed E-state index contributed by atoms with van der Waals surface area (Å²) in [4.78, 5) is 59.3. The van der Waals surface area contributed by atoms with Gasteiger partial charge in [0.15, 0.2) is 0 Å². The minimum Gasteiger partial charge on any atom is -0.480 e. The van der Waals surface area contributed by atoms with Crippen LogP contribution >= 0.6 is 0 Å². The van der Waals surface area contributed by atoms with E-state index in [2.05, 4.69) is 21.3 Å². The van der Waals surface area contributed by atoms with Crippen molar-refractivity contribution in [1.82, 2.24) is 21.3 Å². The van der Waals surface area contributed by atoms with E-state index >= 15 is 0 Å². The highest BCUT2D eigenvalue weighted by molar-refractivity contribution is 6.62. The van der Waals surface area contributed by atoms with Gasteiger partial charge in [-0.2, -0.15) is 0 Å². The maximum absolute atomic E-state index is 12.4. The van der Waals surface area contributed by atoms with Gasteiger partial charge >= 0.3 is 26.2 Å². The van der Waals surface area contributed by atoms with E-state index in [0.29, 0.717) is 38.8 Å². The number of carbonyl (C=O) groups excluding carboxylic acids is 3. The Hall–Kier alpha value is -3.50. The van der Waals surface area contributed by atoms with Crippen molar-refractivity contribution in [3.8, 4) is 0 Å². The Morgan fingerprint density at radius 3 is 1.53 bits per heavy atom. The molecule has 0 saturated heterocycles. The summed E-state index contributed by atoms with van der Waals surface area (Å²) in [5, 5.41) is 66.7. The maximum Gasteiger partial charge on any atom is 0.488 e. The zero-order valence-electron chi connectivity index (χ0n) is 29.9. The van der Waals surface area contributed by atoms with Crippen LogP contribution in [0, 0.1) is 0 Å². The number of amides is 3. The zero-order valence-corrected chi connectivity index (χ0v) is 29.9. The SMILES string of the molecule is CNC(CCCCNC(=O)CCC(NC(=O)CCCCCCCCCCCCCCNC(=O)c1cc(B(O)O)cc(B(O)O)c1)C(=O)O)C(=O)O. The Balaban J connectivity index is 2.04. The summed E-state index contributed by atoms with van der Waals surface area (Å²) in [5.41, 5.74) is 0.126. The molecule has 0 radical (unpaired) electrons. The molecule has 0 heterocycles. The average Bonchev–Trinajstić information content (AvgIpc) is 3.09. The van der Waals surface area contributed by atoms with Crippen molar-refractivity contribution >= 4 is 54.8 Å². The van der Waals surface area contributed by atoms with Crippen LogP contribution in [0.1, 0.15) is 126 Å². The molecular formula is C34H58B2N4O11. The van der Waals surface area contributed by atoms with Crippen LogP contribution in [0.15, 0.2) is 18.2 Å². The number of rotatable bonds is 30. The molecule has 286 valence electrons. The Morgan fingerprint density at radius 2 is 1.04 bits per heavy atom. The summed E-state index contributed by atoms with van der Waals surface area (Å²) in [6.07, 6.45) is 13.9. The van der Waals surface area contributed by atoms with Gasteiger partial charge in [0, 0.05) is 31.5 Å². The van der Waals surface area contributed by atoms with Crippen LogP contribution in [0.25, 0.3) is 0 Å². The minimum atomic E-state index is -1.83. The third-order valence-electron chi connectivity index (χ3n) is 8.63. The van der Waals surface area contributed by atoms with Crippen LogP contribution < -0.4 is 32.2 Å². The largest absolute Gasteiger partial charge is 0.488 e. The van der Waals surface area contributed by atoms with Gasteiger partial charge in [-0.25, -0.2) is 4.79 Å². The van der Waals surface area contributed by atoms with Crippen molar-refractivity contribution in [2.45, 2.75) is 128 Å². The van der Waals surface area contributed by atoms with Crippen LogP contribution in [0.3, 0.4) is 0 Å². The molecular weight excluding hydrogens is 662 g/mol. The first-order valence-electron chi connectivity index (χ1n) is 18.2. The Labute approximate surface area is 301 Å². The second-order valence-electron chi connectivity index (χ2n) is 12.9. The number of carboxylic acid groups (broad SMARTS) is 2. The van der Waals surface area contributed by atoms with E-state index < -0.39 is 44.2 Å². The molecule has 51 heavy (non-hydrogen) atoms. The van der Waals surface area contributed by atoms with Gasteiger partial charge < -0.3 is 51.6 Å². The summed E-state index contributed by atoms with van der Waals surface area (Å²) < 4.78 is 0. The van der Waals surface area contributed by atoms with E-state index in [4.69, 9.17) is 5.11 Å². The maximum atomic E-state index is 12.4. The molecule has 17 heteroatoms. The number of carboxylic acids is 2. The summed E-state index contributed by atoms with van der Waals surface area (Å²) in [5.74, 6) is -3.18. The summed E-state index contributed by atoms with van der Waals surface area (Å²) in [7, 11) is -2.09. The molecule has 0 aliphatic rings. The molecule has 0 bridgehead atoms. The standard InChI is InChI=1S/C34H58B2N4O11/c1-37-28(33(44)45)16-13-15-20-38-30(41)19-18-29(34(46)47)40-31(42)17-12-10-8-6-4-2-3-5-7-9-11-14-21-39-32(43)25-22-26(35(48)49)24-27(23-25)36(50)51/h22-24,28-29,37,48-51H,2-21H2,1H3,(H,38,41)(H,39,43)(H,40,42)(H,44,45)(H,46,47). The van der Waals surface area contributed by atoms with Gasteiger partial charge in [0.1, 0.15) is 12.1 Å². The zero-order chi connectivity index (χ0) is 38.0. The smallest absolute Gasteiger partial charge is 0.480 e. The first-order valence-corrected chi connectivity index (χ1v) is 18.2. The van der Waals surface area contributed by atoms with Crippen LogP contribution in [0.4, 0.5) is 0 Å². The predicted molar refractivity (Wildman–Crippen MR) is 195 cm³/mol. The number of likely N-dealkylation sites (N-methyl/N-ethyl adjacent to an activating group) is 1. The Kier molecular flexibility index (Phi) is 24.3. The first-order chi connectivity index (χ1) is 24.3. The van der Waals surface area contributed by atoms with Gasteiger partial charge in [0.05, 0.1) is 0 Å². The van der Waals surface area contributed by atoms with Gasteiger partial charge in [0.25, 0.3) is 5.91 Å². The third-order valence-corrected chi connectivity index (χ3v) is 8.63. The number of benzene rings is 1. The lowest BCUT2D eigenvalue weighted by Crippen LogP contribution is -2.41. The van der Waals surface area contributed by atoms with Crippen molar-refractivity contribution < 1.29 is 54.3 Å². The Bertz CT molecular complexity index is 1180. The van der Waals surface area contributed by atoms with Crippen LogP contribution in [-0.4, -0.2) is 106 Å². The fraction of sp³-hybridized carbons (Fsp3) is 0.676. The number of carbonyl (C=O) groups is 5. The van der Waals surface area contributed by atoms with Gasteiger partial charge in [-0.05, 0) is 68.6 Å². The normalized spacial score (nSPS) is 12.1. The average molecular weight is 720 g/mol. The molecule has 15 nitrogen and oxygen atoms in total. The highest BCUT2D eigenvalue weighted by Gasteiger charge is 2.22. The fourth-order valence-corrected chi connectivity index (χ4v) is 5.57. The first kappa shape index (κ1) is 45.5. The lowest BCUT2D eigenvalue weighted by Gasteiger charge is -2.14. The lowest BCUT2D eigenvalue weighted by atomic mass is 9.72. The van der Waals surface area contributed by atoms with Crippen LogP contribution in [0.2, 0.25) is 0 Å². The van der Waals surface area contributed by atoms with E-state index in [1.165, 1.54) is 18.2 Å². The number of hydrogen-bond acceptors (Lipinski definition) is 10. The number of aliphatic carboxylic acids is 2. The Morgan fingerprint density at radius 1 is 0.569 bits per heavy atom. The van der Waals surface area contributed by atoms with E-state index in [1.54, 1.807) is 7.05 Å². The molecule has 10 N–H and O–H groups in total. The summed E-state index contributed by atoms with van der Waals surface area (Å²) in [6, 6.07) is 2.06. The van der Waals surface area contributed by atoms with Gasteiger partial charge in [0.2, 0.25) is 11.8 Å². The molecule has 1 aromatic carbocycles. The molecule has 0 spiro atoms. The molecule has 3 amide bonds. The van der Waals surface area contributed by atoms with E-state index in [9.17, 15) is 49.2 Å².